The monoisotopic (exact) mass is 310 g/mol. The second-order valence-electron chi connectivity index (χ2n) is 4.61. The molecule has 0 amide bonds. The van der Waals surface area contributed by atoms with Gasteiger partial charge in [0, 0.05) is 17.6 Å². The van der Waals surface area contributed by atoms with Crippen molar-refractivity contribution in [1.82, 2.24) is 15.2 Å². The third-order valence-corrected chi connectivity index (χ3v) is 3.96. The molecule has 22 heavy (non-hydrogen) atoms. The zero-order chi connectivity index (χ0) is 15.4. The summed E-state index contributed by atoms with van der Waals surface area (Å²) in [5.41, 5.74) is 0.952. The van der Waals surface area contributed by atoms with Crippen LogP contribution in [0, 0.1) is 0 Å². The summed E-state index contributed by atoms with van der Waals surface area (Å²) in [6.07, 6.45) is 3.52. The highest BCUT2D eigenvalue weighted by Gasteiger charge is 2.08. The van der Waals surface area contributed by atoms with Crippen molar-refractivity contribution < 1.29 is 0 Å². The molecule has 5 nitrogen and oxygen atoms in total. The van der Waals surface area contributed by atoms with E-state index in [9.17, 15) is 4.79 Å². The Morgan fingerprint density at radius 2 is 1.91 bits per heavy atom. The number of hydrogen-bond donors (Lipinski definition) is 1. The van der Waals surface area contributed by atoms with Crippen molar-refractivity contribution in [2.75, 3.05) is 11.9 Å². The van der Waals surface area contributed by atoms with E-state index < -0.39 is 0 Å². The van der Waals surface area contributed by atoms with Crippen LogP contribution in [0.1, 0.15) is 10.6 Å². The van der Waals surface area contributed by atoms with Gasteiger partial charge in [-0.1, -0.05) is 24.3 Å². The molecule has 110 valence electrons. The predicted octanol–water partition coefficient (Wildman–Crippen LogP) is 3.16. The van der Waals surface area contributed by atoms with Crippen molar-refractivity contribution in [1.29, 1.82) is 0 Å². The number of para-hydroxylation sites is 1. The van der Waals surface area contributed by atoms with Gasteiger partial charge >= 0.3 is 0 Å². The highest BCUT2D eigenvalue weighted by atomic mass is 32.1. The fraction of sp³-hybridized carbons (Fsp3) is 0.0625. The normalized spacial score (nSPS) is 11.0. The summed E-state index contributed by atoms with van der Waals surface area (Å²) in [6.45, 7) is 0. The van der Waals surface area contributed by atoms with E-state index in [0.717, 1.165) is 10.6 Å². The highest BCUT2D eigenvalue weighted by molar-refractivity contribution is 7.10. The van der Waals surface area contributed by atoms with Crippen molar-refractivity contribution >= 4 is 35.1 Å². The predicted molar refractivity (Wildman–Crippen MR) is 90.4 cm³/mol. The molecule has 0 radical (unpaired) electrons. The molecule has 0 unspecified atom stereocenters. The van der Waals surface area contributed by atoms with Crippen molar-refractivity contribution in [2.45, 2.75) is 0 Å². The van der Waals surface area contributed by atoms with E-state index in [2.05, 4.69) is 15.2 Å². The molecule has 3 rings (SSSR count). The van der Waals surface area contributed by atoms with Gasteiger partial charge < -0.3 is 4.90 Å². The van der Waals surface area contributed by atoms with Gasteiger partial charge in [0.1, 0.15) is 0 Å². The van der Waals surface area contributed by atoms with E-state index in [1.54, 1.807) is 22.3 Å². The lowest BCUT2D eigenvalue weighted by Crippen LogP contribution is -2.21. The number of thiophene rings is 1. The van der Waals surface area contributed by atoms with Crippen LogP contribution in [-0.4, -0.2) is 22.2 Å². The molecule has 1 aromatic carbocycles. The first-order valence-corrected chi connectivity index (χ1v) is 7.59. The Balaban J connectivity index is 1.85. The smallest absolute Gasteiger partial charge is 0.278 e. The second-order valence-corrected chi connectivity index (χ2v) is 5.59. The Bertz CT molecular complexity index is 825. The van der Waals surface area contributed by atoms with Gasteiger partial charge in [-0.3, -0.25) is 9.78 Å². The van der Waals surface area contributed by atoms with Crippen LogP contribution in [0.5, 0.6) is 0 Å². The van der Waals surface area contributed by atoms with E-state index in [0.29, 0.717) is 11.6 Å². The fourth-order valence-electron chi connectivity index (χ4n) is 1.92. The van der Waals surface area contributed by atoms with Crippen LogP contribution < -0.4 is 10.5 Å². The first kappa shape index (κ1) is 14.2. The maximum absolute atomic E-state index is 12.1. The van der Waals surface area contributed by atoms with Crippen LogP contribution in [0.25, 0.3) is 12.2 Å². The lowest BCUT2D eigenvalue weighted by atomic mass is 10.3. The molecule has 2 heterocycles. The third kappa shape index (κ3) is 3.12. The molecule has 0 atom stereocenters. The average Bonchev–Trinajstić information content (AvgIpc) is 3.07. The molecule has 2 aromatic heterocycles. The molecular formula is C16H14N4OS. The van der Waals surface area contributed by atoms with Crippen LogP contribution in [0.15, 0.2) is 52.6 Å². The van der Waals surface area contributed by atoms with Gasteiger partial charge in [-0.2, -0.15) is 0 Å². The third-order valence-electron chi connectivity index (χ3n) is 3.12. The minimum absolute atomic E-state index is 0.263. The summed E-state index contributed by atoms with van der Waals surface area (Å²) < 4.78 is 0. The molecule has 0 bridgehead atoms. The van der Waals surface area contributed by atoms with Crippen LogP contribution in [0.4, 0.5) is 11.6 Å². The summed E-state index contributed by atoms with van der Waals surface area (Å²) in [5.74, 6) is 0.407. The van der Waals surface area contributed by atoms with Gasteiger partial charge in [-0.25, -0.2) is 0 Å². The molecule has 0 saturated carbocycles. The van der Waals surface area contributed by atoms with Gasteiger partial charge in [0.25, 0.3) is 5.56 Å². The number of aromatic amines is 1. The Morgan fingerprint density at radius 1 is 1.09 bits per heavy atom. The van der Waals surface area contributed by atoms with Crippen LogP contribution in [0.3, 0.4) is 0 Å². The van der Waals surface area contributed by atoms with Crippen LogP contribution >= 0.6 is 11.3 Å². The molecule has 1 N–H and O–H groups in total. The lowest BCUT2D eigenvalue weighted by Gasteiger charge is -2.16. The number of aromatic nitrogens is 3. The van der Waals surface area contributed by atoms with Crippen molar-refractivity contribution in [3.63, 3.8) is 0 Å². The minimum Gasteiger partial charge on any atom is -0.314 e. The molecule has 0 spiro atoms. The molecule has 0 aliphatic heterocycles. The van der Waals surface area contributed by atoms with Crippen LogP contribution in [0.2, 0.25) is 0 Å². The fourth-order valence-corrected chi connectivity index (χ4v) is 2.54. The van der Waals surface area contributed by atoms with E-state index in [4.69, 9.17) is 0 Å². The zero-order valence-electron chi connectivity index (χ0n) is 11.9. The number of anilines is 2. The molecule has 0 saturated heterocycles. The summed E-state index contributed by atoms with van der Waals surface area (Å²) in [7, 11) is 1.83. The molecule has 0 fully saturated rings. The quantitative estimate of drug-likeness (QED) is 0.804. The lowest BCUT2D eigenvalue weighted by molar-refractivity contribution is 0.898. The van der Waals surface area contributed by atoms with Gasteiger partial charge in [-0.15, -0.1) is 21.5 Å². The number of nitrogens with one attached hydrogen (secondary N) is 1. The number of hydrogen-bond acceptors (Lipinski definition) is 5. The Hall–Kier alpha value is -2.73. The molecule has 6 heteroatoms. The van der Waals surface area contributed by atoms with Crippen molar-refractivity contribution in [3.05, 3.63) is 68.8 Å². The van der Waals surface area contributed by atoms with E-state index in [1.807, 2.05) is 61.0 Å². The maximum Gasteiger partial charge on any atom is 0.278 e. The molecule has 0 aliphatic rings. The molecule has 3 aromatic rings. The Morgan fingerprint density at radius 3 is 2.59 bits per heavy atom. The summed E-state index contributed by atoms with van der Waals surface area (Å²) in [4.78, 5) is 17.7. The molecular weight excluding hydrogens is 296 g/mol. The number of nitrogens with zero attached hydrogens (tertiary/aromatic N) is 3. The largest absolute Gasteiger partial charge is 0.314 e. The second kappa shape index (κ2) is 6.36. The first-order valence-electron chi connectivity index (χ1n) is 6.71. The maximum atomic E-state index is 12.1. The Kier molecular flexibility index (Phi) is 4.11. The van der Waals surface area contributed by atoms with Gasteiger partial charge in [0.05, 0.1) is 0 Å². The van der Waals surface area contributed by atoms with E-state index in [1.165, 1.54) is 0 Å². The average molecular weight is 310 g/mol. The van der Waals surface area contributed by atoms with E-state index in [-0.39, 0.29) is 5.56 Å². The number of rotatable bonds is 4. The number of benzene rings is 1. The van der Waals surface area contributed by atoms with Crippen molar-refractivity contribution in [2.24, 2.45) is 0 Å². The van der Waals surface area contributed by atoms with Crippen LogP contribution in [-0.2, 0) is 0 Å². The summed E-state index contributed by atoms with van der Waals surface area (Å²) >= 11 is 1.60. The first-order chi connectivity index (χ1) is 10.7. The topological polar surface area (TPSA) is 61.9 Å². The minimum atomic E-state index is -0.263. The standard InChI is InChI=1S/C16H14N4OS/c1-20(12-6-3-2-4-7-12)16-17-15(21)14(18-19-16)10-9-13-8-5-11-22-13/h2-11H,1H3,(H,17,19,21)/b10-9+. The van der Waals surface area contributed by atoms with Crippen molar-refractivity contribution in [3.8, 4) is 0 Å². The Labute approximate surface area is 131 Å². The summed E-state index contributed by atoms with van der Waals surface area (Å²) in [6, 6.07) is 13.6. The molecule has 0 aliphatic carbocycles. The highest BCUT2D eigenvalue weighted by Crippen LogP contribution is 2.17. The SMILES string of the molecule is CN(c1ccccc1)c1nnc(/C=C/c2cccs2)c(=O)[nH]1. The van der Waals surface area contributed by atoms with Gasteiger partial charge in [0.15, 0.2) is 5.69 Å². The number of H-pyrrole nitrogens is 1. The van der Waals surface area contributed by atoms with Gasteiger partial charge in [0.2, 0.25) is 5.95 Å². The van der Waals surface area contributed by atoms with E-state index >= 15 is 0 Å². The van der Waals surface area contributed by atoms with Gasteiger partial charge in [-0.05, 0) is 35.7 Å². The zero-order valence-corrected chi connectivity index (χ0v) is 12.7. The summed E-state index contributed by atoms with van der Waals surface area (Å²) in [5, 5.41) is 10.1.